The van der Waals surface area contributed by atoms with Crippen LogP contribution in [0.2, 0.25) is 5.02 Å². The van der Waals surface area contributed by atoms with Gasteiger partial charge in [-0.2, -0.15) is 5.26 Å². The van der Waals surface area contributed by atoms with Gasteiger partial charge in [0.15, 0.2) is 0 Å². The lowest BCUT2D eigenvalue weighted by Gasteiger charge is -2.39. The Hall–Kier alpha value is -1.60. The molecule has 1 aromatic carbocycles. The smallest absolute Gasteiger partial charge is 0.244 e. The lowest BCUT2D eigenvalue weighted by Crippen LogP contribution is -2.45. The molecule has 0 radical (unpaired) electrons. The topological polar surface area (TPSA) is 52.9 Å². The molecule has 18 heavy (non-hydrogen) atoms. The van der Waals surface area contributed by atoms with Gasteiger partial charge >= 0.3 is 0 Å². The van der Waals surface area contributed by atoms with Gasteiger partial charge in [-0.05, 0) is 37.0 Å². The first-order valence-electron chi connectivity index (χ1n) is 5.64. The number of hydrogen-bond donors (Lipinski definition) is 1. The van der Waals surface area contributed by atoms with Crippen molar-refractivity contribution in [1.82, 2.24) is 0 Å². The van der Waals surface area contributed by atoms with Crippen LogP contribution in [0.5, 0.6) is 0 Å². The number of hydrogen-bond acceptors (Lipinski definition) is 2. The zero-order valence-corrected chi connectivity index (χ0v) is 10.6. The van der Waals surface area contributed by atoms with Crippen molar-refractivity contribution >= 4 is 23.2 Å². The van der Waals surface area contributed by atoms with Crippen LogP contribution in [0.1, 0.15) is 19.8 Å². The maximum absolute atomic E-state index is 13.5. The highest BCUT2D eigenvalue weighted by Gasteiger charge is 2.49. The SMILES string of the molecule is CC1CC(C#N)(C(=O)Nc2ccc(Cl)cc2F)C1. The number of amides is 1. The van der Waals surface area contributed by atoms with Gasteiger partial charge < -0.3 is 5.32 Å². The molecule has 94 valence electrons. The number of nitriles is 1. The fourth-order valence-corrected chi connectivity index (χ4v) is 2.45. The molecule has 0 unspecified atom stereocenters. The van der Waals surface area contributed by atoms with Crippen LogP contribution in [0.25, 0.3) is 0 Å². The summed E-state index contributed by atoms with van der Waals surface area (Å²) in [7, 11) is 0. The zero-order chi connectivity index (χ0) is 13.3. The molecule has 0 heterocycles. The van der Waals surface area contributed by atoms with Crippen LogP contribution in [0.15, 0.2) is 18.2 Å². The molecule has 1 amide bonds. The van der Waals surface area contributed by atoms with Crippen LogP contribution in [0.4, 0.5) is 10.1 Å². The molecule has 5 heteroatoms. The number of carbonyl (C=O) groups excluding carboxylic acids is 1. The van der Waals surface area contributed by atoms with Crippen LogP contribution >= 0.6 is 11.6 Å². The first-order valence-corrected chi connectivity index (χ1v) is 6.02. The van der Waals surface area contributed by atoms with E-state index in [0.29, 0.717) is 18.8 Å². The van der Waals surface area contributed by atoms with E-state index in [1.54, 1.807) is 0 Å². The van der Waals surface area contributed by atoms with Crippen molar-refractivity contribution in [3.05, 3.63) is 29.0 Å². The van der Waals surface area contributed by atoms with Crippen molar-refractivity contribution < 1.29 is 9.18 Å². The zero-order valence-electron chi connectivity index (χ0n) is 9.84. The van der Waals surface area contributed by atoms with E-state index in [2.05, 4.69) is 5.32 Å². The third-order valence-electron chi connectivity index (χ3n) is 3.22. The van der Waals surface area contributed by atoms with E-state index in [-0.39, 0.29) is 10.7 Å². The van der Waals surface area contributed by atoms with E-state index in [0.717, 1.165) is 6.07 Å². The maximum Gasteiger partial charge on any atom is 0.244 e. The normalized spacial score (nSPS) is 26.0. The summed E-state index contributed by atoms with van der Waals surface area (Å²) >= 11 is 5.62. The number of nitrogens with one attached hydrogen (secondary N) is 1. The van der Waals surface area contributed by atoms with Crippen molar-refractivity contribution in [1.29, 1.82) is 5.26 Å². The molecule has 3 nitrogen and oxygen atoms in total. The van der Waals surface area contributed by atoms with Crippen molar-refractivity contribution in [2.45, 2.75) is 19.8 Å². The van der Waals surface area contributed by atoms with Gasteiger partial charge in [-0.25, -0.2) is 4.39 Å². The highest BCUT2D eigenvalue weighted by molar-refractivity contribution is 6.30. The molecule has 0 bridgehead atoms. The molecule has 0 saturated heterocycles. The largest absolute Gasteiger partial charge is 0.322 e. The summed E-state index contributed by atoms with van der Waals surface area (Å²) in [6.07, 6.45) is 1.04. The molecule has 1 saturated carbocycles. The standard InChI is InChI=1S/C13H12ClFN2O/c1-8-5-13(6-8,7-16)12(18)17-11-3-2-9(14)4-10(11)15/h2-4,8H,5-6H2,1H3,(H,17,18). The number of halogens is 2. The Morgan fingerprint density at radius 3 is 2.78 bits per heavy atom. The number of rotatable bonds is 2. The Labute approximate surface area is 110 Å². The quantitative estimate of drug-likeness (QED) is 0.892. The molecular weight excluding hydrogens is 255 g/mol. The molecule has 1 fully saturated rings. The van der Waals surface area contributed by atoms with E-state index in [4.69, 9.17) is 16.9 Å². The summed E-state index contributed by atoms with van der Waals surface area (Å²) in [6.45, 7) is 1.98. The fraction of sp³-hybridized carbons (Fsp3) is 0.385. The summed E-state index contributed by atoms with van der Waals surface area (Å²) in [4.78, 5) is 12.0. The Bertz CT molecular complexity index is 532. The maximum atomic E-state index is 13.5. The van der Waals surface area contributed by atoms with E-state index in [1.807, 2.05) is 13.0 Å². The van der Waals surface area contributed by atoms with Crippen LogP contribution in [0.3, 0.4) is 0 Å². The van der Waals surface area contributed by atoms with Gasteiger partial charge in [0.1, 0.15) is 11.2 Å². The molecule has 0 aromatic heterocycles. The lowest BCUT2D eigenvalue weighted by atomic mass is 9.63. The van der Waals surface area contributed by atoms with Crippen LogP contribution < -0.4 is 5.32 Å². The summed E-state index contributed by atoms with van der Waals surface area (Å²) < 4.78 is 13.5. The van der Waals surface area contributed by atoms with Crippen molar-refractivity contribution in [3.8, 4) is 6.07 Å². The molecule has 0 spiro atoms. The monoisotopic (exact) mass is 266 g/mol. The Morgan fingerprint density at radius 1 is 1.61 bits per heavy atom. The van der Waals surface area contributed by atoms with Gasteiger partial charge in [-0.15, -0.1) is 0 Å². The Morgan fingerprint density at radius 2 is 2.28 bits per heavy atom. The summed E-state index contributed by atoms with van der Waals surface area (Å²) in [5.41, 5.74) is -0.954. The number of nitrogens with zero attached hydrogens (tertiary/aromatic N) is 1. The van der Waals surface area contributed by atoms with Crippen molar-refractivity contribution in [3.63, 3.8) is 0 Å². The molecule has 0 aliphatic heterocycles. The van der Waals surface area contributed by atoms with Crippen molar-refractivity contribution in [2.24, 2.45) is 11.3 Å². The van der Waals surface area contributed by atoms with Crippen LogP contribution in [-0.2, 0) is 4.79 Å². The fourth-order valence-electron chi connectivity index (χ4n) is 2.29. The predicted molar refractivity (Wildman–Crippen MR) is 66.5 cm³/mol. The Balaban J connectivity index is 2.15. The minimum atomic E-state index is -1.01. The van der Waals surface area contributed by atoms with E-state index in [9.17, 15) is 9.18 Å². The molecule has 1 aliphatic carbocycles. The average Bonchev–Trinajstić information content (AvgIpc) is 2.28. The summed E-state index contributed by atoms with van der Waals surface area (Å²) in [6, 6.07) is 6.04. The first-order chi connectivity index (χ1) is 8.47. The Kier molecular flexibility index (Phi) is 3.27. The summed E-state index contributed by atoms with van der Waals surface area (Å²) in [5, 5.41) is 11.8. The molecule has 1 N–H and O–H groups in total. The second-order valence-electron chi connectivity index (χ2n) is 4.79. The van der Waals surface area contributed by atoms with Gasteiger partial charge in [0.05, 0.1) is 11.8 Å². The van der Waals surface area contributed by atoms with Crippen LogP contribution in [-0.4, -0.2) is 5.91 Å². The van der Waals surface area contributed by atoms with Gasteiger partial charge in [0.2, 0.25) is 5.91 Å². The van der Waals surface area contributed by atoms with Gasteiger partial charge in [-0.1, -0.05) is 18.5 Å². The molecule has 1 aliphatic rings. The predicted octanol–water partition coefficient (Wildman–Crippen LogP) is 3.36. The number of anilines is 1. The van der Waals surface area contributed by atoms with Gasteiger partial charge in [0.25, 0.3) is 0 Å². The highest BCUT2D eigenvalue weighted by atomic mass is 35.5. The van der Waals surface area contributed by atoms with Gasteiger partial charge in [0, 0.05) is 5.02 Å². The summed E-state index contributed by atoms with van der Waals surface area (Å²) in [5.74, 6) is -0.689. The van der Waals surface area contributed by atoms with E-state index in [1.165, 1.54) is 12.1 Å². The lowest BCUT2D eigenvalue weighted by molar-refractivity contribution is -0.128. The van der Waals surface area contributed by atoms with E-state index >= 15 is 0 Å². The highest BCUT2D eigenvalue weighted by Crippen LogP contribution is 2.45. The first kappa shape index (κ1) is 12.8. The molecule has 2 rings (SSSR count). The van der Waals surface area contributed by atoms with E-state index < -0.39 is 17.1 Å². The minimum absolute atomic E-state index is 0.0542. The molecule has 1 aromatic rings. The second kappa shape index (κ2) is 4.58. The second-order valence-corrected chi connectivity index (χ2v) is 5.22. The minimum Gasteiger partial charge on any atom is -0.322 e. The third kappa shape index (κ3) is 2.19. The van der Waals surface area contributed by atoms with Crippen molar-refractivity contribution in [2.75, 3.05) is 5.32 Å². The molecule has 0 atom stereocenters. The third-order valence-corrected chi connectivity index (χ3v) is 3.46. The van der Waals surface area contributed by atoms with Gasteiger partial charge in [-0.3, -0.25) is 4.79 Å². The number of carbonyl (C=O) groups is 1. The van der Waals surface area contributed by atoms with Crippen LogP contribution in [0, 0.1) is 28.5 Å². The number of benzene rings is 1. The average molecular weight is 267 g/mol. The molecular formula is C13H12ClFN2O.